The van der Waals surface area contributed by atoms with Crippen LogP contribution in [0.15, 0.2) is 53.2 Å². The zero-order chi connectivity index (χ0) is 24.4. The number of fused-ring (bicyclic) bond motifs is 1. The van der Waals surface area contributed by atoms with E-state index in [1.54, 1.807) is 7.11 Å². The van der Waals surface area contributed by atoms with Crippen LogP contribution in [0.5, 0.6) is 5.75 Å². The van der Waals surface area contributed by atoms with Crippen molar-refractivity contribution in [3.63, 3.8) is 0 Å². The minimum absolute atomic E-state index is 0.144. The highest BCUT2D eigenvalue weighted by molar-refractivity contribution is 5.85. The molecule has 1 saturated heterocycles. The number of hydrogen-bond acceptors (Lipinski definition) is 5. The van der Waals surface area contributed by atoms with E-state index in [0.29, 0.717) is 36.4 Å². The van der Waals surface area contributed by atoms with Crippen LogP contribution in [-0.4, -0.2) is 46.1 Å². The van der Waals surface area contributed by atoms with Gasteiger partial charge in [0.05, 0.1) is 7.11 Å². The van der Waals surface area contributed by atoms with Gasteiger partial charge in [0.15, 0.2) is 0 Å². The summed E-state index contributed by atoms with van der Waals surface area (Å²) in [4.78, 5) is 22.7. The molecule has 7 heteroatoms. The van der Waals surface area contributed by atoms with Crippen molar-refractivity contribution in [1.82, 2.24) is 20.0 Å². The Morgan fingerprint density at radius 2 is 1.94 bits per heavy atom. The van der Waals surface area contributed by atoms with Crippen LogP contribution < -0.4 is 4.74 Å². The Balaban J connectivity index is 1.15. The highest BCUT2D eigenvalue weighted by Crippen LogP contribution is 2.35. The molecule has 0 spiro atoms. The summed E-state index contributed by atoms with van der Waals surface area (Å²) in [5, 5.41) is 5.31. The molecular formula is C28H32N4O3. The van der Waals surface area contributed by atoms with Crippen molar-refractivity contribution in [3.05, 3.63) is 65.7 Å². The fraction of sp³-hybridized carbons (Fsp3) is 0.393. The van der Waals surface area contributed by atoms with Crippen LogP contribution in [0.3, 0.4) is 0 Å². The van der Waals surface area contributed by atoms with Crippen molar-refractivity contribution in [3.8, 4) is 17.1 Å². The molecule has 2 aromatic heterocycles. The first-order chi connectivity index (χ1) is 17.0. The normalized spacial score (nSPS) is 14.7. The van der Waals surface area contributed by atoms with Gasteiger partial charge in [-0.2, -0.15) is 4.98 Å². The molecule has 182 valence electrons. The van der Waals surface area contributed by atoms with Gasteiger partial charge in [0.25, 0.3) is 0 Å². The predicted octanol–water partition coefficient (Wildman–Crippen LogP) is 5.69. The molecule has 4 aromatic rings. The lowest BCUT2D eigenvalue weighted by Gasteiger charge is -2.32. The second kappa shape index (κ2) is 9.94. The first-order valence-corrected chi connectivity index (χ1v) is 12.4. The predicted molar refractivity (Wildman–Crippen MR) is 136 cm³/mol. The maximum Gasteiger partial charge on any atom is 0.227 e. The molecule has 35 heavy (non-hydrogen) atoms. The van der Waals surface area contributed by atoms with E-state index < -0.39 is 0 Å². The number of carbonyl (C=O) groups is 1. The maximum atomic E-state index is 12.9. The van der Waals surface area contributed by atoms with Crippen LogP contribution >= 0.6 is 0 Å². The Hall–Kier alpha value is -3.61. The van der Waals surface area contributed by atoms with Crippen molar-refractivity contribution in [2.24, 2.45) is 0 Å². The van der Waals surface area contributed by atoms with Gasteiger partial charge in [-0.05, 0) is 54.0 Å². The summed E-state index contributed by atoms with van der Waals surface area (Å²) in [5.41, 5.74) is 4.63. The average Bonchev–Trinajstić information content (AvgIpc) is 3.54. The molecule has 0 radical (unpaired) electrons. The van der Waals surface area contributed by atoms with E-state index >= 15 is 0 Å². The minimum atomic E-state index is 0.144. The maximum absolute atomic E-state index is 12.9. The third kappa shape index (κ3) is 4.94. The van der Waals surface area contributed by atoms with Crippen molar-refractivity contribution < 1.29 is 14.1 Å². The lowest BCUT2D eigenvalue weighted by atomic mass is 9.89. The molecule has 1 N–H and O–H groups in total. The van der Waals surface area contributed by atoms with Crippen molar-refractivity contribution >= 4 is 16.8 Å². The van der Waals surface area contributed by atoms with Crippen molar-refractivity contribution in [1.29, 1.82) is 0 Å². The zero-order valence-electron chi connectivity index (χ0n) is 20.6. The molecule has 0 aliphatic carbocycles. The number of hydrogen-bond donors (Lipinski definition) is 1. The lowest BCUT2D eigenvalue weighted by Crippen LogP contribution is -2.38. The Morgan fingerprint density at radius 1 is 1.17 bits per heavy atom. The number of carbonyl (C=O) groups excluding carboxylic acids is 1. The Labute approximate surface area is 205 Å². The van der Waals surface area contributed by atoms with Gasteiger partial charge in [0.2, 0.25) is 17.6 Å². The third-order valence-electron chi connectivity index (χ3n) is 7.06. The number of aromatic amines is 1. The van der Waals surface area contributed by atoms with Crippen LogP contribution in [0.4, 0.5) is 0 Å². The number of nitrogens with one attached hydrogen (secondary N) is 1. The first-order valence-electron chi connectivity index (χ1n) is 12.4. The molecule has 1 aliphatic heterocycles. The molecule has 1 fully saturated rings. The summed E-state index contributed by atoms with van der Waals surface area (Å²) >= 11 is 0. The molecule has 0 bridgehead atoms. The van der Waals surface area contributed by atoms with Crippen LogP contribution in [0.25, 0.3) is 22.3 Å². The Morgan fingerprint density at radius 3 is 2.66 bits per heavy atom. The van der Waals surface area contributed by atoms with Crippen molar-refractivity contribution in [2.75, 3.05) is 20.2 Å². The summed E-state index contributed by atoms with van der Waals surface area (Å²) in [6.45, 7) is 5.86. The highest BCUT2D eigenvalue weighted by Gasteiger charge is 2.26. The topological polar surface area (TPSA) is 84.2 Å². The lowest BCUT2D eigenvalue weighted by molar-refractivity contribution is -0.132. The average molecular weight is 473 g/mol. The Kier molecular flexibility index (Phi) is 6.57. The molecule has 2 aromatic carbocycles. The molecule has 1 aliphatic rings. The highest BCUT2D eigenvalue weighted by atomic mass is 16.5. The Bertz CT molecular complexity index is 1300. The monoisotopic (exact) mass is 472 g/mol. The van der Waals surface area contributed by atoms with Gasteiger partial charge >= 0.3 is 0 Å². The van der Waals surface area contributed by atoms with E-state index in [1.807, 2.05) is 23.1 Å². The smallest absolute Gasteiger partial charge is 0.227 e. The zero-order valence-corrected chi connectivity index (χ0v) is 20.6. The quantitative estimate of drug-likeness (QED) is 0.374. The number of H-pyrrole nitrogens is 1. The number of aryl methyl sites for hydroxylation is 1. The number of rotatable bonds is 7. The summed E-state index contributed by atoms with van der Waals surface area (Å²) in [7, 11) is 1.69. The molecule has 0 unspecified atom stereocenters. The number of benzene rings is 2. The van der Waals surface area contributed by atoms with Gasteiger partial charge < -0.3 is 19.1 Å². The fourth-order valence-electron chi connectivity index (χ4n) is 4.89. The van der Waals surface area contributed by atoms with Crippen LogP contribution in [0, 0.1) is 0 Å². The summed E-state index contributed by atoms with van der Waals surface area (Å²) in [6, 6.07) is 14.3. The largest absolute Gasteiger partial charge is 0.497 e. The standard InChI is InChI=1S/C28H32N4O3/c1-18(2)19-4-6-21(7-5-19)28-30-26(35-31-28)10-11-27(33)32-14-12-20(13-15-32)24-17-29-25-9-8-22(34-3)16-23(24)25/h4-9,16-18,20,29H,10-15H2,1-3H3. The van der Waals surface area contributed by atoms with E-state index in [4.69, 9.17) is 9.26 Å². The first kappa shape index (κ1) is 23.1. The molecule has 7 nitrogen and oxygen atoms in total. The fourth-order valence-corrected chi connectivity index (χ4v) is 4.89. The number of ether oxygens (including phenoxy) is 1. The van der Waals surface area contributed by atoms with E-state index in [2.05, 4.69) is 59.4 Å². The number of methoxy groups -OCH3 is 1. The number of nitrogens with zero attached hydrogens (tertiary/aromatic N) is 3. The SMILES string of the molecule is COc1ccc2[nH]cc(C3CCN(C(=O)CCc4nc(-c5ccc(C(C)C)cc5)no4)CC3)c2c1. The van der Waals surface area contributed by atoms with E-state index in [0.717, 1.165) is 42.8 Å². The molecule has 5 rings (SSSR count). The van der Waals surface area contributed by atoms with Crippen molar-refractivity contribution in [2.45, 2.75) is 51.4 Å². The van der Waals surface area contributed by atoms with Gasteiger partial charge in [0.1, 0.15) is 5.75 Å². The molecule has 1 amide bonds. The van der Waals surface area contributed by atoms with Gasteiger partial charge in [-0.15, -0.1) is 0 Å². The number of amides is 1. The molecule has 0 atom stereocenters. The molecule has 0 saturated carbocycles. The molecular weight excluding hydrogens is 440 g/mol. The number of piperidine rings is 1. The van der Waals surface area contributed by atoms with Crippen LogP contribution in [0.2, 0.25) is 0 Å². The molecule has 3 heterocycles. The van der Waals surface area contributed by atoms with Gasteiger partial charge in [-0.25, -0.2) is 0 Å². The van der Waals surface area contributed by atoms with Gasteiger partial charge in [-0.3, -0.25) is 4.79 Å². The minimum Gasteiger partial charge on any atom is -0.497 e. The van der Waals surface area contributed by atoms with E-state index in [1.165, 1.54) is 16.5 Å². The van der Waals surface area contributed by atoms with Crippen LogP contribution in [0.1, 0.15) is 62.0 Å². The summed E-state index contributed by atoms with van der Waals surface area (Å²) in [5.74, 6) is 2.99. The number of aromatic nitrogens is 3. The van der Waals surface area contributed by atoms with E-state index in [-0.39, 0.29) is 5.91 Å². The van der Waals surface area contributed by atoms with Crippen LogP contribution in [-0.2, 0) is 11.2 Å². The van der Waals surface area contributed by atoms with Gasteiger partial charge in [0, 0.05) is 48.6 Å². The number of likely N-dealkylation sites (tertiary alicyclic amines) is 1. The van der Waals surface area contributed by atoms with Gasteiger partial charge in [-0.1, -0.05) is 43.3 Å². The van der Waals surface area contributed by atoms with E-state index in [9.17, 15) is 4.79 Å². The summed E-state index contributed by atoms with van der Waals surface area (Å²) in [6.07, 6.45) is 4.84. The second-order valence-electron chi connectivity index (χ2n) is 9.60. The summed E-state index contributed by atoms with van der Waals surface area (Å²) < 4.78 is 10.8. The second-order valence-corrected chi connectivity index (χ2v) is 9.60. The third-order valence-corrected chi connectivity index (χ3v) is 7.06.